The van der Waals surface area contributed by atoms with E-state index in [2.05, 4.69) is 0 Å². The minimum absolute atomic E-state index is 0.0451. The summed E-state index contributed by atoms with van der Waals surface area (Å²) in [6, 6.07) is 12.3. The molecule has 0 saturated carbocycles. The predicted molar refractivity (Wildman–Crippen MR) is 114 cm³/mol. The van der Waals surface area contributed by atoms with Crippen LogP contribution < -0.4 is 0 Å². The summed E-state index contributed by atoms with van der Waals surface area (Å²) >= 11 is 1.46. The zero-order valence-corrected chi connectivity index (χ0v) is 18.1. The van der Waals surface area contributed by atoms with Crippen molar-refractivity contribution in [3.05, 3.63) is 54.1 Å². The van der Waals surface area contributed by atoms with E-state index in [0.29, 0.717) is 11.3 Å². The van der Waals surface area contributed by atoms with Gasteiger partial charge in [-0.3, -0.25) is 9.59 Å². The molecule has 1 heterocycles. The van der Waals surface area contributed by atoms with Crippen LogP contribution in [-0.2, 0) is 14.8 Å². The van der Waals surface area contributed by atoms with Crippen molar-refractivity contribution in [1.82, 2.24) is 4.31 Å². The molecule has 1 aliphatic rings. The van der Waals surface area contributed by atoms with Crippen molar-refractivity contribution in [2.45, 2.75) is 36.5 Å². The van der Waals surface area contributed by atoms with Crippen molar-refractivity contribution in [2.24, 2.45) is 0 Å². The second-order valence-corrected chi connectivity index (χ2v) is 11.1. The first-order valence-corrected chi connectivity index (χ1v) is 11.6. The number of carboxylic acids is 1. The Morgan fingerprint density at radius 3 is 2.34 bits per heavy atom. The summed E-state index contributed by atoms with van der Waals surface area (Å²) in [6.07, 6.45) is 0. The molecule has 0 aliphatic carbocycles. The van der Waals surface area contributed by atoms with Gasteiger partial charge in [0.15, 0.2) is 5.78 Å². The Kier molecular flexibility index (Phi) is 5.89. The van der Waals surface area contributed by atoms with E-state index in [-0.39, 0.29) is 17.2 Å². The summed E-state index contributed by atoms with van der Waals surface area (Å²) in [4.78, 5) is 23.5. The second-order valence-electron chi connectivity index (χ2n) is 7.47. The number of carbonyl (C=O) groups excluding carboxylic acids is 1. The highest BCUT2D eigenvalue weighted by molar-refractivity contribution is 8.00. The number of thioether (sulfide) groups is 1. The first-order chi connectivity index (χ1) is 13.5. The van der Waals surface area contributed by atoms with Crippen molar-refractivity contribution >= 4 is 33.5 Å². The summed E-state index contributed by atoms with van der Waals surface area (Å²) in [6.45, 7) is 5.15. The van der Waals surface area contributed by atoms with Gasteiger partial charge in [0.25, 0.3) is 0 Å². The van der Waals surface area contributed by atoms with Gasteiger partial charge >= 0.3 is 5.97 Å². The van der Waals surface area contributed by atoms with Crippen LogP contribution in [0.4, 0.5) is 0 Å². The molecule has 1 atom stereocenters. The van der Waals surface area contributed by atoms with Crippen molar-refractivity contribution in [3.63, 3.8) is 0 Å². The first-order valence-electron chi connectivity index (χ1n) is 9.14. The second kappa shape index (κ2) is 7.93. The van der Waals surface area contributed by atoms with Crippen LogP contribution in [0, 0.1) is 0 Å². The molecule has 1 unspecified atom stereocenters. The van der Waals surface area contributed by atoms with Crippen molar-refractivity contribution in [2.75, 3.05) is 12.3 Å². The lowest BCUT2D eigenvalue weighted by Crippen LogP contribution is -2.58. The minimum Gasteiger partial charge on any atom is -0.480 e. The number of sulfonamides is 1. The maximum absolute atomic E-state index is 13.2. The summed E-state index contributed by atoms with van der Waals surface area (Å²) in [7, 11) is -3.96. The topological polar surface area (TPSA) is 91.8 Å². The molecule has 1 saturated heterocycles. The number of ketones is 1. The number of hydrogen-bond donors (Lipinski definition) is 1. The average Bonchev–Trinajstić information content (AvgIpc) is 2.67. The van der Waals surface area contributed by atoms with Gasteiger partial charge in [0, 0.05) is 22.6 Å². The van der Waals surface area contributed by atoms with Gasteiger partial charge < -0.3 is 5.11 Å². The normalized spacial score (nSPS) is 19.6. The van der Waals surface area contributed by atoms with Gasteiger partial charge in [-0.15, -0.1) is 0 Å². The molecule has 0 spiro atoms. The largest absolute Gasteiger partial charge is 0.480 e. The summed E-state index contributed by atoms with van der Waals surface area (Å²) in [5, 5.41) is 9.67. The highest BCUT2D eigenvalue weighted by atomic mass is 32.2. The summed E-state index contributed by atoms with van der Waals surface area (Å²) < 4.78 is 26.7. The third-order valence-corrected chi connectivity index (χ3v) is 8.26. The Bertz CT molecular complexity index is 1040. The van der Waals surface area contributed by atoms with Crippen LogP contribution >= 0.6 is 11.8 Å². The number of nitrogens with zero attached hydrogens (tertiary/aromatic N) is 1. The van der Waals surface area contributed by atoms with E-state index in [1.54, 1.807) is 44.2 Å². The van der Waals surface area contributed by atoms with Crippen molar-refractivity contribution in [3.8, 4) is 11.1 Å². The van der Waals surface area contributed by atoms with Gasteiger partial charge in [-0.25, -0.2) is 8.42 Å². The van der Waals surface area contributed by atoms with Gasteiger partial charge in [-0.2, -0.15) is 16.1 Å². The number of Topliss-reactive ketones (excluding diaryl/α,β-unsaturated/α-hetero) is 1. The smallest absolute Gasteiger partial charge is 0.323 e. The molecule has 2 aromatic carbocycles. The first kappa shape index (κ1) is 21.5. The number of carbonyl (C=O) groups is 2. The highest BCUT2D eigenvalue weighted by Gasteiger charge is 2.48. The molecule has 2 aromatic rings. The average molecular weight is 434 g/mol. The van der Waals surface area contributed by atoms with Crippen LogP contribution in [0.5, 0.6) is 0 Å². The Morgan fingerprint density at radius 2 is 1.76 bits per heavy atom. The fourth-order valence-electron chi connectivity index (χ4n) is 3.51. The molecule has 0 radical (unpaired) electrons. The maximum Gasteiger partial charge on any atom is 0.323 e. The zero-order valence-electron chi connectivity index (χ0n) is 16.5. The maximum atomic E-state index is 13.2. The number of hydrogen-bond acceptors (Lipinski definition) is 5. The Balaban J connectivity index is 1.95. The van der Waals surface area contributed by atoms with Crippen LogP contribution in [0.15, 0.2) is 53.4 Å². The number of carboxylic acid groups (broad SMARTS) is 1. The molecule has 0 aromatic heterocycles. The van der Waals surface area contributed by atoms with Crippen LogP contribution in [-0.4, -0.2) is 52.7 Å². The Labute approximate surface area is 175 Å². The lowest BCUT2D eigenvalue weighted by molar-refractivity contribution is -0.142. The predicted octanol–water partition coefficient (Wildman–Crippen LogP) is 3.53. The van der Waals surface area contributed by atoms with E-state index in [9.17, 15) is 23.1 Å². The van der Waals surface area contributed by atoms with E-state index in [1.807, 2.05) is 6.07 Å². The molecule has 8 heteroatoms. The van der Waals surface area contributed by atoms with Crippen LogP contribution in [0.25, 0.3) is 11.1 Å². The van der Waals surface area contributed by atoms with Crippen molar-refractivity contribution < 1.29 is 23.1 Å². The lowest BCUT2D eigenvalue weighted by Gasteiger charge is -2.42. The van der Waals surface area contributed by atoms with Gasteiger partial charge in [-0.05, 0) is 50.1 Å². The van der Waals surface area contributed by atoms with Gasteiger partial charge in [0.05, 0.1) is 4.90 Å². The van der Waals surface area contributed by atoms with Crippen LogP contribution in [0.2, 0.25) is 0 Å². The molecular formula is C21H23NO5S2. The standard InChI is InChI=1S/C21H23NO5S2/c1-14(23)16-5-4-6-17(13-16)15-7-9-18(10-8-15)29(26,27)22-11-12-28-21(2,3)19(22)20(24)25/h4-10,13,19H,11-12H2,1-3H3,(H,24,25). The summed E-state index contributed by atoms with van der Waals surface area (Å²) in [5.41, 5.74) is 2.16. The molecular weight excluding hydrogens is 410 g/mol. The molecule has 1 N–H and O–H groups in total. The molecule has 6 nitrogen and oxygen atoms in total. The summed E-state index contributed by atoms with van der Waals surface area (Å²) in [5.74, 6) is -0.661. The van der Waals surface area contributed by atoms with E-state index in [1.165, 1.54) is 30.8 Å². The highest BCUT2D eigenvalue weighted by Crippen LogP contribution is 2.38. The fourth-order valence-corrected chi connectivity index (χ4v) is 6.60. The molecule has 1 aliphatic heterocycles. The number of benzene rings is 2. The van der Waals surface area contributed by atoms with Crippen LogP contribution in [0.1, 0.15) is 31.1 Å². The van der Waals surface area contributed by atoms with Gasteiger partial charge in [0.2, 0.25) is 10.0 Å². The van der Waals surface area contributed by atoms with Crippen molar-refractivity contribution in [1.29, 1.82) is 0 Å². The van der Waals surface area contributed by atoms with E-state index >= 15 is 0 Å². The lowest BCUT2D eigenvalue weighted by atomic mass is 10.0. The van der Waals surface area contributed by atoms with E-state index in [0.717, 1.165) is 15.4 Å². The Morgan fingerprint density at radius 1 is 1.10 bits per heavy atom. The molecule has 29 heavy (non-hydrogen) atoms. The van der Waals surface area contributed by atoms with Gasteiger partial charge in [0.1, 0.15) is 6.04 Å². The Hall–Kier alpha value is -2.16. The molecule has 0 amide bonds. The molecule has 1 fully saturated rings. The SMILES string of the molecule is CC(=O)c1cccc(-c2ccc(S(=O)(=O)N3CCSC(C)(C)C3C(=O)O)cc2)c1. The zero-order chi connectivity index (χ0) is 21.4. The quantitative estimate of drug-likeness (QED) is 0.726. The molecule has 0 bridgehead atoms. The minimum atomic E-state index is -3.96. The van der Waals surface area contributed by atoms with E-state index in [4.69, 9.17) is 0 Å². The van der Waals surface area contributed by atoms with Gasteiger partial charge in [-0.1, -0.05) is 30.3 Å². The fraction of sp³-hybridized carbons (Fsp3) is 0.333. The third-order valence-electron chi connectivity index (χ3n) is 5.03. The number of rotatable bonds is 5. The van der Waals surface area contributed by atoms with Crippen LogP contribution in [0.3, 0.4) is 0 Å². The monoisotopic (exact) mass is 433 g/mol. The molecule has 3 rings (SSSR count). The number of aliphatic carboxylic acids is 1. The third kappa shape index (κ3) is 4.24. The van der Waals surface area contributed by atoms with E-state index < -0.39 is 26.8 Å². The molecule has 154 valence electrons.